The fourth-order valence-corrected chi connectivity index (χ4v) is 3.31. The van der Waals surface area contributed by atoms with Crippen LogP contribution in [-0.4, -0.2) is 50.7 Å². The molecule has 3 rings (SSSR count). The first-order valence-electron chi connectivity index (χ1n) is 10.1. The van der Waals surface area contributed by atoms with Gasteiger partial charge in [0.25, 0.3) is 0 Å². The van der Waals surface area contributed by atoms with E-state index in [4.69, 9.17) is 4.74 Å². The van der Waals surface area contributed by atoms with Gasteiger partial charge in [0.05, 0.1) is 18.1 Å². The van der Waals surface area contributed by atoms with Crippen molar-refractivity contribution in [3.8, 4) is 17.1 Å². The van der Waals surface area contributed by atoms with Gasteiger partial charge in [-0.05, 0) is 51.7 Å². The summed E-state index contributed by atoms with van der Waals surface area (Å²) in [6.45, 7) is 6.73. The van der Waals surface area contributed by atoms with Crippen LogP contribution in [0.4, 0.5) is 10.5 Å². The predicted octanol–water partition coefficient (Wildman–Crippen LogP) is 3.82. The number of carbonyl (C=O) groups excluding carboxylic acids is 2. The number of rotatable bonds is 4. The molecule has 0 saturated carbocycles. The summed E-state index contributed by atoms with van der Waals surface area (Å²) in [4.78, 5) is 34.7. The van der Waals surface area contributed by atoms with Gasteiger partial charge < -0.3 is 20.1 Å². The summed E-state index contributed by atoms with van der Waals surface area (Å²) in [7, 11) is 0. The zero-order valence-electron chi connectivity index (χ0n) is 17.6. The van der Waals surface area contributed by atoms with Gasteiger partial charge in [-0.1, -0.05) is 12.1 Å². The average Bonchev–Trinajstić information content (AvgIpc) is 2.68. The number of aromatic nitrogens is 2. The summed E-state index contributed by atoms with van der Waals surface area (Å²) in [5.41, 5.74) is 0.714. The molecule has 2 heterocycles. The SMILES string of the molecule is CC(C)(C)OC(=O)N1CCC(CC(=O)Nc2cnc(-c3cccc(O)c3)nc2)CC1. The zero-order chi connectivity index (χ0) is 21.7. The Labute approximate surface area is 176 Å². The molecule has 1 fully saturated rings. The molecule has 8 nitrogen and oxygen atoms in total. The number of piperidine rings is 1. The van der Waals surface area contributed by atoms with E-state index in [2.05, 4.69) is 15.3 Å². The molecule has 0 atom stereocenters. The number of phenolic OH excluding ortho intramolecular Hbond substituents is 1. The van der Waals surface area contributed by atoms with Crippen LogP contribution < -0.4 is 5.32 Å². The number of hydrogen-bond acceptors (Lipinski definition) is 6. The zero-order valence-corrected chi connectivity index (χ0v) is 17.6. The van der Waals surface area contributed by atoms with E-state index in [-0.39, 0.29) is 23.7 Å². The molecule has 2 amide bonds. The fraction of sp³-hybridized carbons (Fsp3) is 0.455. The standard InChI is InChI=1S/C22H28N4O4/c1-22(2,3)30-21(29)26-9-7-15(8-10-26)11-19(28)25-17-13-23-20(24-14-17)16-5-4-6-18(27)12-16/h4-6,12-15,27H,7-11H2,1-3H3,(H,25,28). The van der Waals surface area contributed by atoms with E-state index in [9.17, 15) is 14.7 Å². The summed E-state index contributed by atoms with van der Waals surface area (Å²) in [5.74, 6) is 0.736. The third-order valence-corrected chi connectivity index (χ3v) is 4.78. The van der Waals surface area contributed by atoms with E-state index in [0.29, 0.717) is 36.6 Å². The van der Waals surface area contributed by atoms with Crippen molar-refractivity contribution in [2.24, 2.45) is 5.92 Å². The van der Waals surface area contributed by atoms with E-state index >= 15 is 0 Å². The number of carbonyl (C=O) groups is 2. The van der Waals surface area contributed by atoms with Gasteiger partial charge in [0.1, 0.15) is 11.4 Å². The lowest BCUT2D eigenvalue weighted by Gasteiger charge is -2.33. The second-order valence-corrected chi connectivity index (χ2v) is 8.51. The lowest BCUT2D eigenvalue weighted by Crippen LogP contribution is -2.42. The van der Waals surface area contributed by atoms with Gasteiger partial charge in [-0.25, -0.2) is 14.8 Å². The first-order valence-corrected chi connectivity index (χ1v) is 10.1. The van der Waals surface area contributed by atoms with Crippen LogP contribution in [0.5, 0.6) is 5.75 Å². The average molecular weight is 412 g/mol. The third kappa shape index (κ3) is 6.17. The van der Waals surface area contributed by atoms with Crippen molar-refractivity contribution in [3.63, 3.8) is 0 Å². The highest BCUT2D eigenvalue weighted by Crippen LogP contribution is 2.23. The highest BCUT2D eigenvalue weighted by molar-refractivity contribution is 5.90. The van der Waals surface area contributed by atoms with Crippen LogP contribution in [0, 0.1) is 5.92 Å². The summed E-state index contributed by atoms with van der Waals surface area (Å²) in [6, 6.07) is 6.68. The molecular weight excluding hydrogens is 384 g/mol. The minimum absolute atomic E-state index is 0.0978. The van der Waals surface area contributed by atoms with Crippen LogP contribution in [-0.2, 0) is 9.53 Å². The van der Waals surface area contributed by atoms with Crippen molar-refractivity contribution < 1.29 is 19.4 Å². The minimum atomic E-state index is -0.508. The van der Waals surface area contributed by atoms with Gasteiger partial charge in [-0.2, -0.15) is 0 Å². The number of benzene rings is 1. The van der Waals surface area contributed by atoms with Crippen molar-refractivity contribution in [1.29, 1.82) is 0 Å². The molecule has 1 aliphatic rings. The molecule has 1 aromatic heterocycles. The maximum Gasteiger partial charge on any atom is 0.410 e. The lowest BCUT2D eigenvalue weighted by molar-refractivity contribution is -0.117. The van der Waals surface area contributed by atoms with Crippen LogP contribution in [0.3, 0.4) is 0 Å². The normalized spacial score (nSPS) is 15.0. The number of aromatic hydroxyl groups is 1. The van der Waals surface area contributed by atoms with E-state index in [1.54, 1.807) is 41.6 Å². The Hall–Kier alpha value is -3.16. The number of amides is 2. The van der Waals surface area contributed by atoms with Crippen LogP contribution in [0.15, 0.2) is 36.7 Å². The molecular formula is C22H28N4O4. The molecule has 1 saturated heterocycles. The van der Waals surface area contributed by atoms with Gasteiger partial charge in [0.2, 0.25) is 5.91 Å². The maximum absolute atomic E-state index is 12.4. The van der Waals surface area contributed by atoms with Crippen LogP contribution >= 0.6 is 0 Å². The number of anilines is 1. The van der Waals surface area contributed by atoms with Gasteiger partial charge in [0.15, 0.2) is 5.82 Å². The Bertz CT molecular complexity index is 885. The molecule has 1 aliphatic heterocycles. The summed E-state index contributed by atoms with van der Waals surface area (Å²) < 4.78 is 5.40. The number of ether oxygens (including phenoxy) is 1. The van der Waals surface area contributed by atoms with Crippen molar-refractivity contribution >= 4 is 17.7 Å². The summed E-state index contributed by atoms with van der Waals surface area (Å²) >= 11 is 0. The lowest BCUT2D eigenvalue weighted by atomic mass is 9.93. The molecule has 0 unspecified atom stereocenters. The third-order valence-electron chi connectivity index (χ3n) is 4.78. The molecule has 160 valence electrons. The van der Waals surface area contributed by atoms with Crippen molar-refractivity contribution in [2.75, 3.05) is 18.4 Å². The van der Waals surface area contributed by atoms with Gasteiger partial charge in [-0.15, -0.1) is 0 Å². The Morgan fingerprint density at radius 1 is 1.20 bits per heavy atom. The summed E-state index contributed by atoms with van der Waals surface area (Å²) in [6.07, 6.45) is 4.72. The molecule has 2 aromatic rings. The number of nitrogens with one attached hydrogen (secondary N) is 1. The smallest absolute Gasteiger partial charge is 0.410 e. The molecule has 0 aliphatic carbocycles. The van der Waals surface area contributed by atoms with Crippen LogP contribution in [0.1, 0.15) is 40.0 Å². The Morgan fingerprint density at radius 3 is 2.47 bits per heavy atom. The van der Waals surface area contributed by atoms with Crippen molar-refractivity contribution in [2.45, 2.75) is 45.6 Å². The minimum Gasteiger partial charge on any atom is -0.508 e. The van der Waals surface area contributed by atoms with Crippen LogP contribution in [0.25, 0.3) is 11.4 Å². The molecule has 2 N–H and O–H groups in total. The summed E-state index contributed by atoms with van der Waals surface area (Å²) in [5, 5.41) is 12.4. The van der Waals surface area contributed by atoms with Gasteiger partial charge >= 0.3 is 6.09 Å². The number of likely N-dealkylation sites (tertiary alicyclic amines) is 1. The molecule has 1 aromatic carbocycles. The van der Waals surface area contributed by atoms with Gasteiger partial charge in [0, 0.05) is 25.1 Å². The fourth-order valence-electron chi connectivity index (χ4n) is 3.31. The quantitative estimate of drug-likeness (QED) is 0.791. The van der Waals surface area contributed by atoms with Crippen molar-refractivity contribution in [3.05, 3.63) is 36.7 Å². The molecule has 0 radical (unpaired) electrons. The van der Waals surface area contributed by atoms with Gasteiger partial charge in [-0.3, -0.25) is 4.79 Å². The topological polar surface area (TPSA) is 105 Å². The first-order chi connectivity index (χ1) is 14.2. The van der Waals surface area contributed by atoms with E-state index in [1.807, 2.05) is 20.8 Å². The monoisotopic (exact) mass is 412 g/mol. The largest absolute Gasteiger partial charge is 0.508 e. The van der Waals surface area contributed by atoms with E-state index < -0.39 is 5.60 Å². The first kappa shape index (κ1) is 21.5. The Balaban J connectivity index is 1.47. The van der Waals surface area contributed by atoms with E-state index in [0.717, 1.165) is 12.8 Å². The highest BCUT2D eigenvalue weighted by Gasteiger charge is 2.27. The predicted molar refractivity (Wildman–Crippen MR) is 113 cm³/mol. The number of nitrogens with zero attached hydrogens (tertiary/aromatic N) is 3. The van der Waals surface area contributed by atoms with Crippen LogP contribution in [0.2, 0.25) is 0 Å². The van der Waals surface area contributed by atoms with E-state index in [1.165, 1.54) is 0 Å². The maximum atomic E-state index is 12.4. The second kappa shape index (κ2) is 9.11. The molecule has 30 heavy (non-hydrogen) atoms. The van der Waals surface area contributed by atoms with Crippen molar-refractivity contribution in [1.82, 2.24) is 14.9 Å². The molecule has 8 heteroatoms. The Morgan fingerprint density at radius 2 is 1.87 bits per heavy atom. The highest BCUT2D eigenvalue weighted by atomic mass is 16.6. The number of hydrogen-bond donors (Lipinski definition) is 2. The second-order valence-electron chi connectivity index (χ2n) is 8.51. The molecule has 0 bridgehead atoms. The Kier molecular flexibility index (Phi) is 6.54. The molecule has 0 spiro atoms. The number of phenols is 1.